The van der Waals surface area contributed by atoms with E-state index in [1.165, 1.54) is 12.8 Å². The smallest absolute Gasteiger partial charge is 0.214 e. The van der Waals surface area contributed by atoms with Gasteiger partial charge in [0.2, 0.25) is 5.88 Å². The first-order chi connectivity index (χ1) is 9.31. The number of aromatic nitrogens is 1. The van der Waals surface area contributed by atoms with Crippen molar-refractivity contribution >= 4 is 11.6 Å². The highest BCUT2D eigenvalue weighted by atomic mass is 35.5. The van der Waals surface area contributed by atoms with E-state index in [-0.39, 0.29) is 0 Å². The molecule has 0 saturated heterocycles. The molecule has 100 valence electrons. The van der Waals surface area contributed by atoms with Gasteiger partial charge in [-0.2, -0.15) is 0 Å². The molecular weight excluding hydrogens is 264 g/mol. The van der Waals surface area contributed by atoms with Crippen LogP contribution in [0.25, 0.3) is 0 Å². The molecule has 0 aliphatic heterocycles. The monoisotopic (exact) mass is 278 g/mol. The molecule has 1 aliphatic carbocycles. The average Bonchev–Trinajstić information content (AvgIpc) is 3.10. The molecule has 19 heavy (non-hydrogen) atoms. The summed E-state index contributed by atoms with van der Waals surface area (Å²) in [6.07, 6.45) is 5.76. The van der Waals surface area contributed by atoms with E-state index in [0.29, 0.717) is 23.6 Å². The third kappa shape index (κ3) is 3.49. The topological polar surface area (TPSA) is 47.3 Å². The van der Waals surface area contributed by atoms with Gasteiger partial charge in [-0.1, -0.05) is 11.6 Å². The number of pyridine rings is 1. The number of rotatable bonds is 6. The Bertz CT molecular complexity index is 538. The molecule has 3 rings (SSSR count). The van der Waals surface area contributed by atoms with Gasteiger partial charge in [-0.25, -0.2) is 4.98 Å². The van der Waals surface area contributed by atoms with E-state index in [1.54, 1.807) is 12.5 Å². The summed E-state index contributed by atoms with van der Waals surface area (Å²) in [4.78, 5) is 4.16. The zero-order valence-electron chi connectivity index (χ0n) is 10.4. The number of hydrogen-bond donors (Lipinski definition) is 1. The molecule has 1 saturated carbocycles. The van der Waals surface area contributed by atoms with Crippen molar-refractivity contribution in [2.45, 2.75) is 32.0 Å². The van der Waals surface area contributed by atoms with E-state index < -0.39 is 0 Å². The Hall–Kier alpha value is -1.52. The van der Waals surface area contributed by atoms with Crippen LogP contribution in [0.15, 0.2) is 35.1 Å². The van der Waals surface area contributed by atoms with Gasteiger partial charge >= 0.3 is 0 Å². The molecule has 0 unspecified atom stereocenters. The van der Waals surface area contributed by atoms with Gasteiger partial charge in [0, 0.05) is 24.8 Å². The number of ether oxygens (including phenoxy) is 1. The summed E-state index contributed by atoms with van der Waals surface area (Å²) in [6.45, 7) is 1.13. The lowest BCUT2D eigenvalue weighted by Gasteiger charge is -2.08. The number of nitrogens with zero attached hydrogens (tertiary/aromatic N) is 1. The maximum absolute atomic E-state index is 6.12. The molecule has 0 aromatic carbocycles. The number of furan rings is 1. The maximum atomic E-state index is 6.12. The van der Waals surface area contributed by atoms with Crippen molar-refractivity contribution in [3.63, 3.8) is 0 Å². The zero-order chi connectivity index (χ0) is 13.1. The fourth-order valence-electron chi connectivity index (χ4n) is 1.75. The molecule has 5 heteroatoms. The van der Waals surface area contributed by atoms with Crippen LogP contribution in [-0.2, 0) is 13.2 Å². The van der Waals surface area contributed by atoms with Crippen LogP contribution < -0.4 is 10.1 Å². The van der Waals surface area contributed by atoms with Gasteiger partial charge in [0.05, 0.1) is 11.3 Å². The second kappa shape index (κ2) is 5.63. The van der Waals surface area contributed by atoms with Gasteiger partial charge in [0.25, 0.3) is 0 Å². The Balaban J connectivity index is 1.62. The normalized spacial score (nSPS) is 14.6. The highest BCUT2D eigenvalue weighted by Crippen LogP contribution is 2.23. The summed E-state index contributed by atoms with van der Waals surface area (Å²) in [5.74, 6) is 1.34. The molecule has 0 spiro atoms. The first kappa shape index (κ1) is 12.5. The van der Waals surface area contributed by atoms with Crippen molar-refractivity contribution in [2.75, 3.05) is 0 Å². The van der Waals surface area contributed by atoms with Crippen molar-refractivity contribution in [3.8, 4) is 5.88 Å². The Morgan fingerprint density at radius 3 is 3.11 bits per heavy atom. The second-order valence-corrected chi connectivity index (χ2v) is 5.04. The lowest BCUT2D eigenvalue weighted by Crippen LogP contribution is -2.15. The van der Waals surface area contributed by atoms with Crippen molar-refractivity contribution in [1.82, 2.24) is 10.3 Å². The molecule has 1 fully saturated rings. The Morgan fingerprint density at radius 2 is 2.37 bits per heavy atom. The van der Waals surface area contributed by atoms with Crippen molar-refractivity contribution in [1.29, 1.82) is 0 Å². The Labute approximate surface area is 116 Å². The highest BCUT2D eigenvalue weighted by Gasteiger charge is 2.20. The minimum absolute atomic E-state index is 0.372. The molecule has 0 bridgehead atoms. The summed E-state index contributed by atoms with van der Waals surface area (Å²) >= 11 is 6.12. The van der Waals surface area contributed by atoms with E-state index in [4.69, 9.17) is 20.8 Å². The SMILES string of the molecule is Clc1cnc(OCc2ccco2)cc1CNC1CC1. The molecule has 2 aromatic heterocycles. The van der Waals surface area contributed by atoms with Crippen LogP contribution in [0.4, 0.5) is 0 Å². The van der Waals surface area contributed by atoms with Gasteiger partial charge in [0.1, 0.15) is 12.4 Å². The van der Waals surface area contributed by atoms with Crippen LogP contribution in [-0.4, -0.2) is 11.0 Å². The molecule has 2 aromatic rings. The molecule has 0 atom stereocenters. The standard InChI is InChI=1S/C14H15ClN2O2/c15-13-8-17-14(19-9-12-2-1-5-18-12)6-10(13)7-16-11-3-4-11/h1-2,5-6,8,11,16H,3-4,7,9H2. The fourth-order valence-corrected chi connectivity index (χ4v) is 1.92. The third-order valence-corrected chi connectivity index (χ3v) is 3.35. The number of hydrogen-bond acceptors (Lipinski definition) is 4. The summed E-state index contributed by atoms with van der Waals surface area (Å²) in [5.41, 5.74) is 1.01. The highest BCUT2D eigenvalue weighted by molar-refractivity contribution is 6.31. The van der Waals surface area contributed by atoms with Crippen LogP contribution in [0.5, 0.6) is 5.88 Å². The molecule has 0 radical (unpaired) electrons. The fraction of sp³-hybridized carbons (Fsp3) is 0.357. The Kier molecular flexibility index (Phi) is 3.71. The van der Waals surface area contributed by atoms with Gasteiger partial charge in [0.15, 0.2) is 0 Å². The van der Waals surface area contributed by atoms with E-state index >= 15 is 0 Å². The van der Waals surface area contributed by atoms with Crippen LogP contribution >= 0.6 is 11.6 Å². The summed E-state index contributed by atoms with van der Waals surface area (Å²) < 4.78 is 10.8. The first-order valence-electron chi connectivity index (χ1n) is 6.34. The molecule has 1 N–H and O–H groups in total. The summed E-state index contributed by atoms with van der Waals surface area (Å²) in [7, 11) is 0. The minimum Gasteiger partial charge on any atom is -0.469 e. The average molecular weight is 279 g/mol. The molecule has 1 aliphatic rings. The van der Waals surface area contributed by atoms with Gasteiger partial charge in [-0.3, -0.25) is 0 Å². The lowest BCUT2D eigenvalue weighted by molar-refractivity contribution is 0.260. The number of halogens is 1. The quantitative estimate of drug-likeness (QED) is 0.882. The molecule has 4 nitrogen and oxygen atoms in total. The lowest BCUT2D eigenvalue weighted by atomic mass is 10.2. The second-order valence-electron chi connectivity index (χ2n) is 4.64. The molecular formula is C14H15ClN2O2. The summed E-state index contributed by atoms with van der Waals surface area (Å²) in [6, 6.07) is 6.22. The van der Waals surface area contributed by atoms with E-state index in [2.05, 4.69) is 10.3 Å². The van der Waals surface area contributed by atoms with Crippen LogP contribution in [0, 0.1) is 0 Å². The third-order valence-electron chi connectivity index (χ3n) is 3.01. The van der Waals surface area contributed by atoms with Crippen LogP contribution in [0.3, 0.4) is 0 Å². The van der Waals surface area contributed by atoms with E-state index in [0.717, 1.165) is 17.9 Å². The van der Waals surface area contributed by atoms with Crippen molar-refractivity contribution < 1.29 is 9.15 Å². The first-order valence-corrected chi connectivity index (χ1v) is 6.72. The van der Waals surface area contributed by atoms with Crippen LogP contribution in [0.2, 0.25) is 5.02 Å². The van der Waals surface area contributed by atoms with E-state index in [1.807, 2.05) is 18.2 Å². The van der Waals surface area contributed by atoms with Gasteiger partial charge < -0.3 is 14.5 Å². The zero-order valence-corrected chi connectivity index (χ0v) is 11.2. The van der Waals surface area contributed by atoms with E-state index in [9.17, 15) is 0 Å². The minimum atomic E-state index is 0.372. The molecule has 2 heterocycles. The number of nitrogens with one attached hydrogen (secondary N) is 1. The van der Waals surface area contributed by atoms with Gasteiger partial charge in [-0.15, -0.1) is 0 Å². The van der Waals surface area contributed by atoms with Gasteiger partial charge in [-0.05, 0) is 30.5 Å². The van der Waals surface area contributed by atoms with Crippen molar-refractivity contribution in [2.24, 2.45) is 0 Å². The predicted molar refractivity (Wildman–Crippen MR) is 72.1 cm³/mol. The predicted octanol–water partition coefficient (Wildman–Crippen LogP) is 3.16. The Morgan fingerprint density at radius 1 is 1.47 bits per heavy atom. The van der Waals surface area contributed by atoms with Crippen molar-refractivity contribution in [3.05, 3.63) is 47.0 Å². The molecule has 0 amide bonds. The summed E-state index contributed by atoms with van der Waals surface area (Å²) in [5, 5.41) is 4.09. The van der Waals surface area contributed by atoms with Crippen LogP contribution in [0.1, 0.15) is 24.2 Å². The largest absolute Gasteiger partial charge is 0.469 e. The maximum Gasteiger partial charge on any atom is 0.214 e.